The number of aromatic nitrogens is 2. The van der Waals surface area contributed by atoms with Crippen molar-refractivity contribution < 1.29 is 4.79 Å². The molecule has 104 valence electrons. The second-order valence-electron chi connectivity index (χ2n) is 4.29. The van der Waals surface area contributed by atoms with Crippen LogP contribution in [0.25, 0.3) is 5.69 Å². The summed E-state index contributed by atoms with van der Waals surface area (Å²) in [6.07, 6.45) is 6.09. The molecule has 0 fully saturated rings. The largest absolute Gasteiger partial charge is 0.338 e. The van der Waals surface area contributed by atoms with Gasteiger partial charge in [-0.2, -0.15) is 5.10 Å². The smallest absolute Gasteiger partial charge is 0.315 e. The van der Waals surface area contributed by atoms with E-state index in [-0.39, 0.29) is 6.03 Å². The molecule has 0 atom stereocenters. The normalized spacial score (nSPS) is 10.0. The van der Waals surface area contributed by atoms with Crippen molar-refractivity contribution in [2.45, 2.75) is 6.42 Å². The quantitative estimate of drug-likeness (QED) is 0.788. The fraction of sp³-hybridized carbons (Fsp3) is 0.200. The number of hydrogen-bond acceptors (Lipinski definition) is 2. The standard InChI is InChI=1S/C15H18N4O/c1-2-9-16-15(20)17-11-8-13-4-6-14(7-5-13)19-12-3-10-18-19/h2-7,10,12H,1,8-9,11H2,(H2,16,17,20). The zero-order valence-corrected chi connectivity index (χ0v) is 11.2. The van der Waals surface area contributed by atoms with Crippen LogP contribution in [0.1, 0.15) is 5.56 Å². The summed E-state index contributed by atoms with van der Waals surface area (Å²) >= 11 is 0. The third kappa shape index (κ3) is 3.98. The van der Waals surface area contributed by atoms with Gasteiger partial charge in [0.15, 0.2) is 0 Å². The number of nitrogens with zero attached hydrogens (tertiary/aromatic N) is 2. The molecule has 2 N–H and O–H groups in total. The molecular weight excluding hydrogens is 252 g/mol. The van der Waals surface area contributed by atoms with Gasteiger partial charge in [-0.05, 0) is 30.2 Å². The molecule has 0 aliphatic carbocycles. The van der Waals surface area contributed by atoms with E-state index in [9.17, 15) is 4.79 Å². The summed E-state index contributed by atoms with van der Waals surface area (Å²) < 4.78 is 1.81. The van der Waals surface area contributed by atoms with E-state index in [4.69, 9.17) is 0 Å². The molecule has 20 heavy (non-hydrogen) atoms. The summed E-state index contributed by atoms with van der Waals surface area (Å²) in [4.78, 5) is 11.3. The molecule has 1 aromatic heterocycles. The van der Waals surface area contributed by atoms with Crippen LogP contribution >= 0.6 is 0 Å². The van der Waals surface area contributed by atoms with Crippen molar-refractivity contribution >= 4 is 6.03 Å². The lowest BCUT2D eigenvalue weighted by molar-refractivity contribution is 0.242. The second-order valence-corrected chi connectivity index (χ2v) is 4.29. The number of hydrogen-bond donors (Lipinski definition) is 2. The molecule has 2 amide bonds. The number of rotatable bonds is 6. The van der Waals surface area contributed by atoms with Crippen molar-refractivity contribution in [3.05, 3.63) is 60.9 Å². The van der Waals surface area contributed by atoms with E-state index in [0.29, 0.717) is 13.1 Å². The average Bonchev–Trinajstić information content (AvgIpc) is 3.00. The molecule has 0 spiro atoms. The van der Waals surface area contributed by atoms with Gasteiger partial charge in [0, 0.05) is 25.5 Å². The Kier molecular flexibility index (Phi) is 4.94. The molecule has 0 aliphatic rings. The summed E-state index contributed by atoms with van der Waals surface area (Å²) in [7, 11) is 0. The first kappa shape index (κ1) is 13.9. The molecule has 0 radical (unpaired) electrons. The minimum atomic E-state index is -0.168. The first-order chi connectivity index (χ1) is 9.79. The Morgan fingerprint density at radius 1 is 1.30 bits per heavy atom. The van der Waals surface area contributed by atoms with E-state index in [1.54, 1.807) is 12.3 Å². The molecule has 0 saturated carbocycles. The summed E-state index contributed by atoms with van der Waals surface area (Å²) in [5, 5.41) is 9.63. The van der Waals surface area contributed by atoms with Crippen LogP contribution in [0.2, 0.25) is 0 Å². The number of carbonyl (C=O) groups excluding carboxylic acids is 1. The fourth-order valence-corrected chi connectivity index (χ4v) is 1.78. The van der Waals surface area contributed by atoms with Crippen molar-refractivity contribution in [3.8, 4) is 5.69 Å². The molecular formula is C15H18N4O. The SMILES string of the molecule is C=CCNC(=O)NCCc1ccc(-n2cccn2)cc1. The Labute approximate surface area is 118 Å². The summed E-state index contributed by atoms with van der Waals surface area (Å²) in [5.41, 5.74) is 2.19. The average molecular weight is 270 g/mol. The van der Waals surface area contributed by atoms with Crippen LogP contribution in [0, 0.1) is 0 Å². The third-order valence-electron chi connectivity index (χ3n) is 2.81. The maximum absolute atomic E-state index is 11.3. The van der Waals surface area contributed by atoms with Crippen molar-refractivity contribution in [3.63, 3.8) is 0 Å². The number of benzene rings is 1. The Hall–Kier alpha value is -2.56. The summed E-state index contributed by atoms with van der Waals surface area (Å²) in [6.45, 7) is 4.62. The third-order valence-corrected chi connectivity index (χ3v) is 2.81. The minimum absolute atomic E-state index is 0.168. The maximum Gasteiger partial charge on any atom is 0.315 e. The predicted molar refractivity (Wildman–Crippen MR) is 78.9 cm³/mol. The topological polar surface area (TPSA) is 59.0 Å². The van der Waals surface area contributed by atoms with Gasteiger partial charge in [-0.25, -0.2) is 9.48 Å². The first-order valence-electron chi connectivity index (χ1n) is 6.51. The second kappa shape index (κ2) is 7.13. The zero-order valence-electron chi connectivity index (χ0n) is 11.2. The zero-order chi connectivity index (χ0) is 14.2. The van der Waals surface area contributed by atoms with Gasteiger partial charge in [-0.1, -0.05) is 18.2 Å². The fourth-order valence-electron chi connectivity index (χ4n) is 1.78. The van der Waals surface area contributed by atoms with Gasteiger partial charge in [-0.15, -0.1) is 6.58 Å². The van der Waals surface area contributed by atoms with Gasteiger partial charge in [0.1, 0.15) is 0 Å². The molecule has 2 rings (SSSR count). The van der Waals surface area contributed by atoms with Gasteiger partial charge in [-0.3, -0.25) is 0 Å². The van der Waals surface area contributed by atoms with Crippen molar-refractivity contribution in [1.82, 2.24) is 20.4 Å². The van der Waals surface area contributed by atoms with Crippen LogP contribution < -0.4 is 10.6 Å². The Bertz CT molecular complexity index is 546. The van der Waals surface area contributed by atoms with Gasteiger partial charge < -0.3 is 10.6 Å². The Morgan fingerprint density at radius 3 is 2.75 bits per heavy atom. The lowest BCUT2D eigenvalue weighted by atomic mass is 10.1. The monoisotopic (exact) mass is 270 g/mol. The van der Waals surface area contributed by atoms with Crippen LogP contribution in [-0.4, -0.2) is 28.9 Å². The van der Waals surface area contributed by atoms with E-state index < -0.39 is 0 Å². The van der Waals surface area contributed by atoms with Gasteiger partial charge in [0.25, 0.3) is 0 Å². The molecule has 0 unspecified atom stereocenters. The van der Waals surface area contributed by atoms with E-state index in [0.717, 1.165) is 12.1 Å². The molecule has 5 nitrogen and oxygen atoms in total. The number of urea groups is 1. The van der Waals surface area contributed by atoms with Crippen molar-refractivity contribution in [2.75, 3.05) is 13.1 Å². The summed E-state index contributed by atoms with van der Waals surface area (Å²) in [5.74, 6) is 0. The molecule has 1 aromatic carbocycles. The van der Waals surface area contributed by atoms with E-state index in [1.807, 2.05) is 41.2 Å². The van der Waals surface area contributed by atoms with Crippen LogP contribution in [0.5, 0.6) is 0 Å². The van der Waals surface area contributed by atoms with Gasteiger partial charge >= 0.3 is 6.03 Å². The Morgan fingerprint density at radius 2 is 2.10 bits per heavy atom. The van der Waals surface area contributed by atoms with E-state index in [2.05, 4.69) is 22.3 Å². The summed E-state index contributed by atoms with van der Waals surface area (Å²) in [6, 6.07) is 9.83. The highest BCUT2D eigenvalue weighted by Crippen LogP contribution is 2.08. The number of carbonyl (C=O) groups is 1. The van der Waals surface area contributed by atoms with Crippen LogP contribution in [0.15, 0.2) is 55.4 Å². The van der Waals surface area contributed by atoms with Gasteiger partial charge in [0.2, 0.25) is 0 Å². The van der Waals surface area contributed by atoms with Crippen molar-refractivity contribution in [1.29, 1.82) is 0 Å². The predicted octanol–water partition coefficient (Wildman–Crippen LogP) is 1.90. The Balaban J connectivity index is 1.79. The minimum Gasteiger partial charge on any atom is -0.338 e. The number of nitrogens with one attached hydrogen (secondary N) is 2. The first-order valence-corrected chi connectivity index (χ1v) is 6.51. The molecule has 0 saturated heterocycles. The molecule has 5 heteroatoms. The van der Waals surface area contributed by atoms with E-state index in [1.165, 1.54) is 5.56 Å². The van der Waals surface area contributed by atoms with Gasteiger partial charge in [0.05, 0.1) is 5.69 Å². The lowest BCUT2D eigenvalue weighted by Gasteiger charge is -2.07. The van der Waals surface area contributed by atoms with Crippen LogP contribution in [-0.2, 0) is 6.42 Å². The lowest BCUT2D eigenvalue weighted by Crippen LogP contribution is -2.36. The maximum atomic E-state index is 11.3. The molecule has 0 aliphatic heterocycles. The highest BCUT2D eigenvalue weighted by Gasteiger charge is 1.99. The highest BCUT2D eigenvalue weighted by molar-refractivity contribution is 5.73. The molecule has 2 aromatic rings. The highest BCUT2D eigenvalue weighted by atomic mass is 16.2. The number of amides is 2. The molecule has 1 heterocycles. The van der Waals surface area contributed by atoms with E-state index >= 15 is 0 Å². The van der Waals surface area contributed by atoms with Crippen LogP contribution in [0.3, 0.4) is 0 Å². The van der Waals surface area contributed by atoms with Crippen LogP contribution in [0.4, 0.5) is 4.79 Å². The van der Waals surface area contributed by atoms with Crippen molar-refractivity contribution in [2.24, 2.45) is 0 Å². The molecule has 0 bridgehead atoms.